The number of rotatable bonds is 6. The molecule has 1 aliphatic heterocycles. The topological polar surface area (TPSA) is 103 Å². The summed E-state index contributed by atoms with van der Waals surface area (Å²) in [7, 11) is -3.81. The fraction of sp³-hybridized carbons (Fsp3) is 0.400. The highest BCUT2D eigenvalue weighted by molar-refractivity contribution is 7.92. The predicted octanol–water partition coefficient (Wildman–Crippen LogP) is 3.06. The molecule has 1 saturated heterocycles. The van der Waals surface area contributed by atoms with E-state index < -0.39 is 22.8 Å². The molecule has 30 heavy (non-hydrogen) atoms. The molecule has 0 aliphatic carbocycles. The molecule has 1 aromatic heterocycles. The van der Waals surface area contributed by atoms with Gasteiger partial charge in [-0.25, -0.2) is 18.2 Å². The Morgan fingerprint density at radius 1 is 1.17 bits per heavy atom. The predicted molar refractivity (Wildman–Crippen MR) is 112 cm³/mol. The maximum atomic E-state index is 12.8. The van der Waals surface area contributed by atoms with Gasteiger partial charge in [0.1, 0.15) is 5.82 Å². The van der Waals surface area contributed by atoms with Crippen molar-refractivity contribution in [3.8, 4) is 0 Å². The molecule has 0 radical (unpaired) electrons. The molecule has 0 spiro atoms. The zero-order valence-electron chi connectivity index (χ0n) is 16.9. The van der Waals surface area contributed by atoms with Gasteiger partial charge in [0.25, 0.3) is 10.0 Å². The molecule has 1 fully saturated rings. The molecule has 162 valence electrons. The van der Waals surface area contributed by atoms with Crippen LogP contribution in [0.4, 0.5) is 20.7 Å². The minimum absolute atomic E-state index is 0.0885. The van der Waals surface area contributed by atoms with Gasteiger partial charge in [-0.05, 0) is 36.8 Å². The number of nitrogens with one attached hydrogen (secondary N) is 1. The second-order valence-corrected chi connectivity index (χ2v) is 8.97. The number of aryl methyl sites for hydroxylation is 1. The number of pyridine rings is 1. The quantitative estimate of drug-likeness (QED) is 0.722. The molecule has 1 aromatic carbocycles. The summed E-state index contributed by atoms with van der Waals surface area (Å²) >= 11 is 0. The minimum Gasteiger partial charge on any atom is -0.465 e. The summed E-state index contributed by atoms with van der Waals surface area (Å²) in [6.45, 7) is 4.76. The van der Waals surface area contributed by atoms with Crippen LogP contribution in [0.2, 0.25) is 0 Å². The lowest BCUT2D eigenvalue weighted by Gasteiger charge is -2.34. The summed E-state index contributed by atoms with van der Waals surface area (Å²) in [5.74, 6) is 0.385. The first-order chi connectivity index (χ1) is 14.2. The third-order valence-corrected chi connectivity index (χ3v) is 6.56. The fourth-order valence-corrected chi connectivity index (χ4v) is 4.34. The zero-order chi connectivity index (χ0) is 21.9. The van der Waals surface area contributed by atoms with Gasteiger partial charge in [-0.2, -0.15) is 0 Å². The Bertz CT molecular complexity index is 1010. The van der Waals surface area contributed by atoms with Crippen LogP contribution in [-0.4, -0.2) is 62.4 Å². The van der Waals surface area contributed by atoms with Crippen LogP contribution in [-0.2, 0) is 10.0 Å². The monoisotopic (exact) mass is 436 g/mol. The smallest absolute Gasteiger partial charge is 0.407 e. The number of alkyl halides is 1. The van der Waals surface area contributed by atoms with E-state index in [1.807, 2.05) is 4.90 Å². The van der Waals surface area contributed by atoms with E-state index in [0.717, 1.165) is 5.56 Å². The highest BCUT2D eigenvalue weighted by Gasteiger charge is 2.22. The standard InChI is InChI=1S/C20H25FN4O4S/c1-14(13-21)16-3-5-17(6-4-16)30(28,29)23-18-7-8-19(22-15(18)2)24-9-11-25(12-10-24)20(26)27/h3-8,14,23H,9-13H2,1-2H3,(H,26,27)/t14-/m0/s1. The molecule has 10 heteroatoms. The number of piperazine rings is 1. The number of hydrogen-bond donors (Lipinski definition) is 2. The lowest BCUT2D eigenvalue weighted by molar-refractivity contribution is 0.142. The van der Waals surface area contributed by atoms with Crippen LogP contribution in [0.1, 0.15) is 24.1 Å². The summed E-state index contributed by atoms with van der Waals surface area (Å²) in [6, 6.07) is 9.52. The van der Waals surface area contributed by atoms with Crippen molar-refractivity contribution in [1.29, 1.82) is 0 Å². The van der Waals surface area contributed by atoms with Crippen molar-refractivity contribution in [2.75, 3.05) is 42.5 Å². The van der Waals surface area contributed by atoms with Crippen LogP contribution >= 0.6 is 0 Å². The van der Waals surface area contributed by atoms with Crippen LogP contribution < -0.4 is 9.62 Å². The van der Waals surface area contributed by atoms with Gasteiger partial charge in [0.2, 0.25) is 0 Å². The van der Waals surface area contributed by atoms with Gasteiger partial charge in [0, 0.05) is 32.1 Å². The molecule has 2 heterocycles. The van der Waals surface area contributed by atoms with E-state index in [0.29, 0.717) is 43.4 Å². The average molecular weight is 437 g/mol. The molecule has 1 aliphatic rings. The molecular formula is C20H25FN4O4S. The van der Waals surface area contributed by atoms with Crippen molar-refractivity contribution >= 4 is 27.6 Å². The summed E-state index contributed by atoms with van der Waals surface area (Å²) in [6.07, 6.45) is -0.935. The first kappa shape index (κ1) is 21.8. The second-order valence-electron chi connectivity index (χ2n) is 7.29. The number of hydrogen-bond acceptors (Lipinski definition) is 5. The van der Waals surface area contributed by atoms with Crippen molar-refractivity contribution in [1.82, 2.24) is 9.88 Å². The average Bonchev–Trinajstić information content (AvgIpc) is 2.74. The first-order valence-electron chi connectivity index (χ1n) is 9.60. The van der Waals surface area contributed by atoms with Gasteiger partial charge >= 0.3 is 6.09 Å². The Morgan fingerprint density at radius 3 is 2.33 bits per heavy atom. The summed E-state index contributed by atoms with van der Waals surface area (Å²) in [5.41, 5.74) is 1.62. The maximum absolute atomic E-state index is 12.8. The van der Waals surface area contributed by atoms with E-state index >= 15 is 0 Å². The summed E-state index contributed by atoms with van der Waals surface area (Å²) < 4.78 is 40.8. The highest BCUT2D eigenvalue weighted by Crippen LogP contribution is 2.24. The van der Waals surface area contributed by atoms with Crippen LogP contribution in [0.5, 0.6) is 0 Å². The van der Waals surface area contributed by atoms with E-state index in [2.05, 4.69) is 9.71 Å². The Balaban J connectivity index is 1.71. The van der Waals surface area contributed by atoms with E-state index in [4.69, 9.17) is 5.11 Å². The number of anilines is 2. The number of carboxylic acid groups (broad SMARTS) is 1. The Hall–Kier alpha value is -2.88. The molecule has 2 aromatic rings. The Morgan fingerprint density at radius 2 is 1.80 bits per heavy atom. The molecule has 0 unspecified atom stereocenters. The maximum Gasteiger partial charge on any atom is 0.407 e. The zero-order valence-corrected chi connectivity index (χ0v) is 17.7. The molecule has 1 atom stereocenters. The summed E-state index contributed by atoms with van der Waals surface area (Å²) in [4.78, 5) is 18.9. The van der Waals surface area contributed by atoms with Gasteiger partial charge in [-0.3, -0.25) is 9.11 Å². The molecular weight excluding hydrogens is 411 g/mol. The third-order valence-electron chi connectivity index (χ3n) is 5.18. The van der Waals surface area contributed by atoms with E-state index in [1.165, 1.54) is 17.0 Å². The Kier molecular flexibility index (Phi) is 6.45. The van der Waals surface area contributed by atoms with Crippen molar-refractivity contribution in [2.45, 2.75) is 24.7 Å². The lowest BCUT2D eigenvalue weighted by Crippen LogP contribution is -2.48. The normalized spacial score (nSPS) is 15.7. The summed E-state index contributed by atoms with van der Waals surface area (Å²) in [5, 5.41) is 9.04. The third kappa shape index (κ3) is 4.81. The van der Waals surface area contributed by atoms with Crippen LogP contribution in [0.25, 0.3) is 0 Å². The van der Waals surface area contributed by atoms with Gasteiger partial charge in [0.15, 0.2) is 0 Å². The highest BCUT2D eigenvalue weighted by atomic mass is 32.2. The van der Waals surface area contributed by atoms with E-state index in [-0.39, 0.29) is 10.8 Å². The van der Waals surface area contributed by atoms with Crippen molar-refractivity contribution in [2.24, 2.45) is 0 Å². The SMILES string of the molecule is Cc1nc(N2CCN(C(=O)O)CC2)ccc1NS(=O)(=O)c1ccc([C@@H](C)CF)cc1. The van der Waals surface area contributed by atoms with Gasteiger partial charge in [0.05, 0.1) is 23.0 Å². The van der Waals surface area contributed by atoms with Gasteiger partial charge in [-0.1, -0.05) is 19.1 Å². The molecule has 0 saturated carbocycles. The van der Waals surface area contributed by atoms with Crippen LogP contribution in [0.15, 0.2) is 41.3 Å². The first-order valence-corrected chi connectivity index (χ1v) is 11.1. The van der Waals surface area contributed by atoms with Crippen molar-refractivity contribution in [3.63, 3.8) is 0 Å². The van der Waals surface area contributed by atoms with Crippen LogP contribution in [0.3, 0.4) is 0 Å². The number of benzene rings is 1. The number of halogens is 1. The molecule has 3 rings (SSSR count). The van der Waals surface area contributed by atoms with Gasteiger partial charge in [-0.15, -0.1) is 0 Å². The molecule has 2 N–H and O–H groups in total. The second kappa shape index (κ2) is 8.86. The Labute approximate surface area is 175 Å². The lowest BCUT2D eigenvalue weighted by atomic mass is 10.0. The van der Waals surface area contributed by atoms with Crippen molar-refractivity contribution < 1.29 is 22.7 Å². The number of aromatic nitrogens is 1. The van der Waals surface area contributed by atoms with Gasteiger partial charge < -0.3 is 14.9 Å². The van der Waals surface area contributed by atoms with Crippen molar-refractivity contribution in [3.05, 3.63) is 47.7 Å². The molecule has 0 bridgehead atoms. The minimum atomic E-state index is -3.81. The number of amides is 1. The molecule has 1 amide bonds. The van der Waals surface area contributed by atoms with E-state index in [1.54, 1.807) is 38.1 Å². The number of nitrogens with zero attached hydrogens (tertiary/aromatic N) is 3. The number of carbonyl (C=O) groups is 1. The number of sulfonamides is 1. The fourth-order valence-electron chi connectivity index (χ4n) is 3.23. The molecule has 8 nitrogen and oxygen atoms in total. The van der Waals surface area contributed by atoms with E-state index in [9.17, 15) is 17.6 Å². The largest absolute Gasteiger partial charge is 0.465 e. The van der Waals surface area contributed by atoms with Crippen LogP contribution in [0, 0.1) is 6.92 Å².